The van der Waals surface area contributed by atoms with Gasteiger partial charge in [-0.3, -0.25) is 4.98 Å². The Morgan fingerprint density at radius 3 is 2.96 bits per heavy atom. The summed E-state index contributed by atoms with van der Waals surface area (Å²) < 4.78 is 16.9. The van der Waals surface area contributed by atoms with Crippen molar-refractivity contribution >= 4 is 5.69 Å². The molecule has 0 aromatic carbocycles. The van der Waals surface area contributed by atoms with Gasteiger partial charge < -0.3 is 23.7 Å². The van der Waals surface area contributed by atoms with Crippen LogP contribution in [-0.4, -0.2) is 73.6 Å². The summed E-state index contributed by atoms with van der Waals surface area (Å²) in [6, 6.07) is 3.88. The fourth-order valence-corrected chi connectivity index (χ4v) is 2.90. The summed E-state index contributed by atoms with van der Waals surface area (Å²) in [5.74, 6) is 0.898. The van der Waals surface area contributed by atoms with E-state index in [4.69, 9.17) is 13.9 Å². The van der Waals surface area contributed by atoms with Crippen LogP contribution in [0.3, 0.4) is 0 Å². The molecule has 0 unspecified atom stereocenters. The largest absolute Gasteiger partial charge is 0.416 e. The van der Waals surface area contributed by atoms with Gasteiger partial charge in [0.1, 0.15) is 11.8 Å². The number of ether oxygens (including phenoxy) is 2. The smallest absolute Gasteiger partial charge is 0.266 e. The van der Waals surface area contributed by atoms with Gasteiger partial charge in [0, 0.05) is 45.7 Å². The number of aromatic nitrogens is 3. The number of morpholine rings is 1. The molecule has 25 heavy (non-hydrogen) atoms. The van der Waals surface area contributed by atoms with Gasteiger partial charge in [-0.2, -0.15) is 0 Å². The first kappa shape index (κ1) is 17.8. The second-order valence-corrected chi connectivity index (χ2v) is 6.42. The normalized spacial score (nSPS) is 21.4. The van der Waals surface area contributed by atoms with Crippen LogP contribution in [0.25, 0.3) is 11.6 Å². The van der Waals surface area contributed by atoms with Crippen molar-refractivity contribution in [1.82, 2.24) is 20.1 Å². The first-order valence-corrected chi connectivity index (χ1v) is 8.40. The first-order valence-electron chi connectivity index (χ1n) is 8.40. The number of nitrogens with zero attached hydrogens (tertiary/aromatic N) is 5. The molecule has 8 heteroatoms. The predicted molar refractivity (Wildman–Crippen MR) is 93.5 cm³/mol. The Morgan fingerprint density at radius 1 is 1.36 bits per heavy atom. The number of rotatable bonds is 6. The van der Waals surface area contributed by atoms with E-state index in [9.17, 15) is 0 Å². The molecule has 1 aliphatic heterocycles. The maximum absolute atomic E-state index is 5.92. The molecule has 136 valence electrons. The number of likely N-dealkylation sites (N-methyl/N-ethyl adjacent to an activating group) is 2. The second-order valence-electron chi connectivity index (χ2n) is 6.42. The van der Waals surface area contributed by atoms with E-state index < -0.39 is 0 Å². The van der Waals surface area contributed by atoms with Gasteiger partial charge in [0.05, 0.1) is 12.7 Å². The quantitative estimate of drug-likeness (QED) is 0.780. The Morgan fingerprint density at radius 2 is 2.20 bits per heavy atom. The van der Waals surface area contributed by atoms with E-state index in [1.165, 1.54) is 0 Å². The lowest BCUT2D eigenvalue weighted by Gasteiger charge is -2.32. The van der Waals surface area contributed by atoms with Gasteiger partial charge in [-0.1, -0.05) is 0 Å². The minimum Gasteiger partial charge on any atom is -0.416 e. The molecule has 0 N–H and O–H groups in total. The number of hydrogen-bond donors (Lipinski definition) is 0. The van der Waals surface area contributed by atoms with Crippen molar-refractivity contribution in [2.75, 3.05) is 52.3 Å². The zero-order chi connectivity index (χ0) is 17.8. The standard InChI is InChI=1S/C17H25N5O3/c1-12-10-21(2)11-15(24-12)17-20-19-16(25-17)14-9-13(5-6-18-14)22(3)7-8-23-4/h5-6,9,12,15H,7-8,10-11H2,1-4H3/t12-,15-/m1/s1. The van der Waals surface area contributed by atoms with Crippen molar-refractivity contribution in [1.29, 1.82) is 0 Å². The van der Waals surface area contributed by atoms with Crippen LogP contribution >= 0.6 is 0 Å². The molecule has 3 rings (SSSR count). The summed E-state index contributed by atoms with van der Waals surface area (Å²) in [6.45, 7) is 5.12. The van der Waals surface area contributed by atoms with Crippen molar-refractivity contribution in [2.45, 2.75) is 19.1 Å². The van der Waals surface area contributed by atoms with Crippen molar-refractivity contribution in [3.05, 3.63) is 24.2 Å². The fourth-order valence-electron chi connectivity index (χ4n) is 2.90. The predicted octanol–water partition coefficient (Wildman–Crippen LogP) is 1.61. The third kappa shape index (κ3) is 4.33. The highest BCUT2D eigenvalue weighted by molar-refractivity contribution is 5.57. The zero-order valence-corrected chi connectivity index (χ0v) is 15.2. The molecule has 2 aromatic rings. The lowest BCUT2D eigenvalue weighted by molar-refractivity contribution is -0.0821. The molecule has 1 saturated heterocycles. The average Bonchev–Trinajstić information content (AvgIpc) is 3.09. The van der Waals surface area contributed by atoms with Crippen LogP contribution in [0.1, 0.15) is 18.9 Å². The van der Waals surface area contributed by atoms with Crippen molar-refractivity contribution in [3.63, 3.8) is 0 Å². The van der Waals surface area contributed by atoms with E-state index in [1.807, 2.05) is 26.1 Å². The van der Waals surface area contributed by atoms with Gasteiger partial charge in [-0.05, 0) is 26.1 Å². The summed E-state index contributed by atoms with van der Waals surface area (Å²) in [7, 11) is 5.76. The van der Waals surface area contributed by atoms with Crippen LogP contribution in [0.4, 0.5) is 5.69 Å². The molecule has 2 aromatic heterocycles. The van der Waals surface area contributed by atoms with Crippen LogP contribution < -0.4 is 4.90 Å². The Bertz CT molecular complexity index is 682. The number of pyridine rings is 1. The van der Waals surface area contributed by atoms with Crippen LogP contribution in [-0.2, 0) is 9.47 Å². The lowest BCUT2D eigenvalue weighted by atomic mass is 10.2. The molecule has 0 saturated carbocycles. The molecule has 0 aliphatic carbocycles. The van der Waals surface area contributed by atoms with Crippen molar-refractivity contribution in [2.24, 2.45) is 0 Å². The van der Waals surface area contributed by atoms with Gasteiger partial charge in [0.25, 0.3) is 5.89 Å². The van der Waals surface area contributed by atoms with Gasteiger partial charge in [0.2, 0.25) is 5.89 Å². The molecule has 8 nitrogen and oxygen atoms in total. The SMILES string of the molecule is COCCN(C)c1ccnc(-c2nnc([C@H]3CN(C)C[C@@H](C)O3)o2)c1. The molecule has 1 fully saturated rings. The summed E-state index contributed by atoms with van der Waals surface area (Å²) >= 11 is 0. The Labute approximate surface area is 147 Å². The van der Waals surface area contributed by atoms with Gasteiger partial charge >= 0.3 is 0 Å². The zero-order valence-electron chi connectivity index (χ0n) is 15.2. The summed E-state index contributed by atoms with van der Waals surface area (Å²) in [6.07, 6.45) is 1.67. The van der Waals surface area contributed by atoms with Crippen LogP contribution in [0.15, 0.2) is 22.7 Å². The third-order valence-corrected chi connectivity index (χ3v) is 4.19. The molecule has 0 radical (unpaired) electrons. The van der Waals surface area contributed by atoms with Crippen molar-refractivity contribution in [3.8, 4) is 11.6 Å². The number of methoxy groups -OCH3 is 1. The summed E-state index contributed by atoms with van der Waals surface area (Å²) in [4.78, 5) is 8.65. The lowest BCUT2D eigenvalue weighted by Crippen LogP contribution is -2.40. The minimum atomic E-state index is -0.206. The Hall–Kier alpha value is -2.03. The molecule has 0 bridgehead atoms. The highest BCUT2D eigenvalue weighted by Gasteiger charge is 2.28. The maximum Gasteiger partial charge on any atom is 0.266 e. The van der Waals surface area contributed by atoms with Gasteiger partial charge in [0.15, 0.2) is 0 Å². The van der Waals surface area contributed by atoms with E-state index in [2.05, 4.69) is 32.0 Å². The molecule has 2 atom stereocenters. The van der Waals surface area contributed by atoms with Crippen molar-refractivity contribution < 1.29 is 13.9 Å². The Kier molecular flexibility index (Phi) is 5.62. The molecule has 0 amide bonds. The Balaban J connectivity index is 1.76. The van der Waals surface area contributed by atoms with E-state index in [-0.39, 0.29) is 12.2 Å². The first-order chi connectivity index (χ1) is 12.1. The van der Waals surface area contributed by atoms with E-state index in [0.29, 0.717) is 24.1 Å². The average molecular weight is 347 g/mol. The highest BCUT2D eigenvalue weighted by atomic mass is 16.5. The minimum absolute atomic E-state index is 0.134. The maximum atomic E-state index is 5.92. The molecular formula is C17H25N5O3. The number of hydrogen-bond acceptors (Lipinski definition) is 8. The molecule has 1 aliphatic rings. The van der Waals surface area contributed by atoms with Crippen LogP contribution in [0.5, 0.6) is 0 Å². The number of anilines is 1. The topological polar surface area (TPSA) is 76.8 Å². The van der Waals surface area contributed by atoms with Crippen LogP contribution in [0, 0.1) is 0 Å². The van der Waals surface area contributed by atoms with E-state index in [1.54, 1.807) is 13.3 Å². The highest BCUT2D eigenvalue weighted by Crippen LogP contribution is 2.27. The van der Waals surface area contributed by atoms with E-state index in [0.717, 1.165) is 25.3 Å². The third-order valence-electron chi connectivity index (χ3n) is 4.19. The molecule has 0 spiro atoms. The second kappa shape index (κ2) is 7.90. The summed E-state index contributed by atoms with van der Waals surface area (Å²) in [5, 5.41) is 8.32. The monoisotopic (exact) mass is 347 g/mol. The fraction of sp³-hybridized carbons (Fsp3) is 0.588. The van der Waals surface area contributed by atoms with Gasteiger partial charge in [-0.25, -0.2) is 0 Å². The summed E-state index contributed by atoms with van der Waals surface area (Å²) in [5.41, 5.74) is 1.67. The van der Waals surface area contributed by atoms with Crippen LogP contribution in [0.2, 0.25) is 0 Å². The molecule has 3 heterocycles. The van der Waals surface area contributed by atoms with E-state index >= 15 is 0 Å². The van der Waals surface area contributed by atoms with Gasteiger partial charge in [-0.15, -0.1) is 10.2 Å². The molecular weight excluding hydrogens is 322 g/mol.